The highest BCUT2D eigenvalue weighted by Gasteiger charge is 2.41. The Hall–Kier alpha value is -3.87. The molecule has 2 aliphatic rings. The minimum absolute atomic E-state index is 0.0350. The van der Waals surface area contributed by atoms with Gasteiger partial charge in [-0.25, -0.2) is 5.01 Å². The Kier molecular flexibility index (Phi) is 4.58. The summed E-state index contributed by atoms with van der Waals surface area (Å²) >= 11 is 0. The van der Waals surface area contributed by atoms with Crippen LogP contribution in [0.2, 0.25) is 0 Å². The molecule has 0 radical (unpaired) electrons. The maximum absolute atomic E-state index is 10.5. The molecule has 0 amide bonds. The first-order valence-electron chi connectivity index (χ1n) is 9.94. The largest absolute Gasteiger partial charge is 0.507 e. The lowest BCUT2D eigenvalue weighted by Gasteiger charge is -2.38. The van der Waals surface area contributed by atoms with Crippen LogP contribution in [-0.4, -0.2) is 35.2 Å². The Morgan fingerprint density at radius 3 is 2.58 bits per heavy atom. The third-order valence-corrected chi connectivity index (χ3v) is 5.70. The molecule has 0 saturated heterocycles. The van der Waals surface area contributed by atoms with Crippen molar-refractivity contribution >= 4 is 5.71 Å². The Balaban J connectivity index is 1.60. The van der Waals surface area contributed by atoms with E-state index >= 15 is 0 Å². The summed E-state index contributed by atoms with van der Waals surface area (Å²) < 4.78 is 16.8. The van der Waals surface area contributed by atoms with Crippen molar-refractivity contribution in [3.05, 3.63) is 77.4 Å². The number of phenols is 2. The Morgan fingerprint density at radius 2 is 1.81 bits per heavy atom. The van der Waals surface area contributed by atoms with Gasteiger partial charge in [0.05, 0.1) is 26.0 Å². The fourth-order valence-electron chi connectivity index (χ4n) is 4.15. The molecule has 0 bridgehead atoms. The fourth-order valence-corrected chi connectivity index (χ4v) is 4.15. The van der Waals surface area contributed by atoms with Crippen LogP contribution in [0.1, 0.15) is 35.4 Å². The first-order valence-corrected chi connectivity index (χ1v) is 9.94. The molecule has 2 N–H and O–H groups in total. The number of phenolic OH excluding ortho intramolecular Hbond substituents is 2. The van der Waals surface area contributed by atoms with Gasteiger partial charge in [0.2, 0.25) is 6.23 Å². The number of hydrogen-bond donors (Lipinski definition) is 2. The number of ether oxygens (including phenoxy) is 3. The van der Waals surface area contributed by atoms with Crippen molar-refractivity contribution in [1.82, 2.24) is 5.01 Å². The Morgan fingerprint density at radius 1 is 0.968 bits per heavy atom. The minimum Gasteiger partial charge on any atom is -0.507 e. The monoisotopic (exact) mass is 418 g/mol. The van der Waals surface area contributed by atoms with Gasteiger partial charge < -0.3 is 24.4 Å². The van der Waals surface area contributed by atoms with Gasteiger partial charge in [-0.15, -0.1) is 0 Å². The summed E-state index contributed by atoms with van der Waals surface area (Å²) in [6, 6.07) is 18.1. The highest BCUT2D eigenvalue weighted by Crippen LogP contribution is 2.48. The van der Waals surface area contributed by atoms with E-state index in [9.17, 15) is 10.2 Å². The number of para-hydroxylation sites is 1. The van der Waals surface area contributed by atoms with Gasteiger partial charge in [-0.2, -0.15) is 5.10 Å². The van der Waals surface area contributed by atoms with Crippen molar-refractivity contribution in [2.24, 2.45) is 5.10 Å². The van der Waals surface area contributed by atoms with Crippen molar-refractivity contribution in [1.29, 1.82) is 0 Å². The molecule has 7 nitrogen and oxygen atoms in total. The molecule has 31 heavy (non-hydrogen) atoms. The average Bonchev–Trinajstić information content (AvgIpc) is 3.24. The van der Waals surface area contributed by atoms with Gasteiger partial charge in [-0.05, 0) is 42.5 Å². The third kappa shape index (κ3) is 3.18. The standard InChI is InChI=1S/C24H22N2O5/c1-29-15-8-9-20(27)17(12-15)18-13-19-16-5-3-4-6-22(16)31-24(26(19)25-18)14-7-10-23(30-2)21(28)11-14/h3-12,19,24,27-28H,13H2,1-2H3/t19-,24-/m1/s1. The van der Waals surface area contributed by atoms with Crippen molar-refractivity contribution in [2.75, 3.05) is 14.2 Å². The summed E-state index contributed by atoms with van der Waals surface area (Å²) in [4.78, 5) is 0. The van der Waals surface area contributed by atoms with E-state index < -0.39 is 6.23 Å². The minimum atomic E-state index is -0.540. The van der Waals surface area contributed by atoms with Crippen LogP contribution in [0.25, 0.3) is 0 Å². The second-order valence-corrected chi connectivity index (χ2v) is 7.47. The van der Waals surface area contributed by atoms with Crippen LogP contribution in [0.3, 0.4) is 0 Å². The number of methoxy groups -OCH3 is 2. The molecule has 5 rings (SSSR count). The van der Waals surface area contributed by atoms with Gasteiger partial charge in [-0.3, -0.25) is 0 Å². The predicted molar refractivity (Wildman–Crippen MR) is 115 cm³/mol. The van der Waals surface area contributed by atoms with Crippen LogP contribution in [0.4, 0.5) is 0 Å². The van der Waals surface area contributed by atoms with Gasteiger partial charge >= 0.3 is 0 Å². The quantitative estimate of drug-likeness (QED) is 0.655. The SMILES string of the molecule is COc1ccc(O)c(C2=NN3[C@H](C2)c2ccccc2O[C@@H]3c2ccc(OC)c(O)c2)c1. The summed E-state index contributed by atoms with van der Waals surface area (Å²) in [6.45, 7) is 0. The molecule has 0 spiro atoms. The summed E-state index contributed by atoms with van der Waals surface area (Å²) in [5.74, 6) is 1.99. The van der Waals surface area contributed by atoms with E-state index in [1.807, 2.05) is 35.3 Å². The molecule has 0 aliphatic carbocycles. The smallest absolute Gasteiger partial charge is 0.214 e. The number of fused-ring (bicyclic) bond motifs is 3. The van der Waals surface area contributed by atoms with Crippen LogP contribution < -0.4 is 14.2 Å². The van der Waals surface area contributed by atoms with Gasteiger partial charge in [0.25, 0.3) is 0 Å². The Bertz CT molecular complexity index is 1180. The Labute approximate surface area is 179 Å². The average molecular weight is 418 g/mol. The first-order chi connectivity index (χ1) is 15.1. The fraction of sp³-hybridized carbons (Fsp3) is 0.208. The molecule has 3 aromatic rings. The molecular weight excluding hydrogens is 396 g/mol. The second-order valence-electron chi connectivity index (χ2n) is 7.47. The van der Waals surface area contributed by atoms with E-state index in [0.717, 1.165) is 22.6 Å². The number of rotatable bonds is 4. The number of nitrogens with zero attached hydrogens (tertiary/aromatic N) is 2. The van der Waals surface area contributed by atoms with E-state index in [2.05, 4.69) is 0 Å². The highest BCUT2D eigenvalue weighted by molar-refractivity contribution is 6.04. The van der Waals surface area contributed by atoms with Crippen molar-refractivity contribution in [2.45, 2.75) is 18.7 Å². The van der Waals surface area contributed by atoms with Gasteiger partial charge in [0, 0.05) is 23.1 Å². The zero-order valence-corrected chi connectivity index (χ0v) is 17.1. The topological polar surface area (TPSA) is 83.8 Å². The zero-order chi connectivity index (χ0) is 21.5. The number of aromatic hydroxyl groups is 2. The molecule has 0 aromatic heterocycles. The normalized spacial score (nSPS) is 19.2. The van der Waals surface area contributed by atoms with E-state index in [-0.39, 0.29) is 17.5 Å². The van der Waals surface area contributed by atoms with Crippen LogP contribution >= 0.6 is 0 Å². The van der Waals surface area contributed by atoms with Crippen molar-refractivity contribution in [3.8, 4) is 28.7 Å². The molecule has 2 atom stereocenters. The molecule has 7 heteroatoms. The number of benzene rings is 3. The van der Waals surface area contributed by atoms with Gasteiger partial charge in [-0.1, -0.05) is 18.2 Å². The van der Waals surface area contributed by atoms with Gasteiger partial charge in [0.1, 0.15) is 17.2 Å². The van der Waals surface area contributed by atoms with E-state index in [0.29, 0.717) is 23.5 Å². The van der Waals surface area contributed by atoms with Gasteiger partial charge in [0.15, 0.2) is 11.5 Å². The van der Waals surface area contributed by atoms with Crippen LogP contribution in [0.5, 0.6) is 28.7 Å². The molecule has 0 saturated carbocycles. The molecule has 0 fully saturated rings. The molecule has 2 aliphatic heterocycles. The first kappa shape index (κ1) is 19.1. The molecule has 0 unspecified atom stereocenters. The van der Waals surface area contributed by atoms with Crippen LogP contribution in [0, 0.1) is 0 Å². The van der Waals surface area contributed by atoms with Crippen LogP contribution in [-0.2, 0) is 0 Å². The van der Waals surface area contributed by atoms with Crippen LogP contribution in [0.15, 0.2) is 65.8 Å². The number of hydrogen-bond acceptors (Lipinski definition) is 7. The highest BCUT2D eigenvalue weighted by atomic mass is 16.5. The van der Waals surface area contributed by atoms with Crippen molar-refractivity contribution in [3.63, 3.8) is 0 Å². The second kappa shape index (κ2) is 7.43. The maximum atomic E-state index is 10.5. The maximum Gasteiger partial charge on any atom is 0.214 e. The lowest BCUT2D eigenvalue weighted by atomic mass is 9.95. The van der Waals surface area contributed by atoms with E-state index in [4.69, 9.17) is 19.3 Å². The number of hydrazone groups is 1. The summed E-state index contributed by atoms with van der Waals surface area (Å²) in [5, 5.41) is 27.5. The molecule has 2 heterocycles. The summed E-state index contributed by atoms with van der Waals surface area (Å²) in [5.41, 5.74) is 3.14. The molecule has 158 valence electrons. The third-order valence-electron chi connectivity index (χ3n) is 5.70. The summed E-state index contributed by atoms with van der Waals surface area (Å²) in [6.07, 6.45) is 0.0571. The molecular formula is C24H22N2O5. The summed E-state index contributed by atoms with van der Waals surface area (Å²) in [7, 11) is 3.10. The lowest BCUT2D eigenvalue weighted by molar-refractivity contribution is -0.0191. The van der Waals surface area contributed by atoms with E-state index in [1.165, 1.54) is 7.11 Å². The predicted octanol–water partition coefficient (Wildman–Crippen LogP) is 4.36. The van der Waals surface area contributed by atoms with E-state index in [1.54, 1.807) is 37.4 Å². The zero-order valence-electron chi connectivity index (χ0n) is 17.1. The van der Waals surface area contributed by atoms with Crippen molar-refractivity contribution < 1.29 is 24.4 Å². The molecule has 3 aromatic carbocycles. The lowest BCUT2D eigenvalue weighted by Crippen LogP contribution is -2.33.